The molecule has 0 radical (unpaired) electrons. The lowest BCUT2D eigenvalue weighted by Crippen LogP contribution is -2.36. The lowest BCUT2D eigenvalue weighted by molar-refractivity contribution is 0.102. The molecule has 0 atom stereocenters. The molecule has 0 unspecified atom stereocenters. The Hall–Kier alpha value is -3.77. The number of carbonyl (C=O) groups excluding carboxylic acids is 1. The van der Waals surface area contributed by atoms with Gasteiger partial charge in [-0.1, -0.05) is 18.2 Å². The zero-order valence-electron chi connectivity index (χ0n) is 17.4. The Morgan fingerprint density at radius 1 is 0.938 bits per heavy atom. The van der Waals surface area contributed by atoms with Gasteiger partial charge in [0.15, 0.2) is 0 Å². The molecule has 1 saturated heterocycles. The zero-order valence-corrected chi connectivity index (χ0v) is 17.4. The van der Waals surface area contributed by atoms with Gasteiger partial charge in [0.05, 0.1) is 30.0 Å². The minimum Gasteiger partial charge on any atom is -0.378 e. The molecule has 1 aliphatic rings. The fourth-order valence-corrected chi connectivity index (χ4v) is 3.91. The van der Waals surface area contributed by atoms with Crippen LogP contribution in [0.25, 0.3) is 22.2 Å². The maximum absolute atomic E-state index is 13.4. The normalized spacial score (nSPS) is 13.8. The van der Waals surface area contributed by atoms with E-state index in [0.29, 0.717) is 16.8 Å². The van der Waals surface area contributed by atoms with Gasteiger partial charge in [0.1, 0.15) is 5.82 Å². The molecular weight excluding hydrogens is 405 g/mol. The van der Waals surface area contributed by atoms with Crippen LogP contribution in [-0.2, 0) is 4.74 Å². The lowest BCUT2D eigenvalue weighted by Gasteiger charge is -2.28. The molecule has 2 heterocycles. The maximum atomic E-state index is 13.4. The molecule has 1 amide bonds. The number of hydrogen-bond acceptors (Lipinski definition) is 4. The van der Waals surface area contributed by atoms with Crippen LogP contribution in [0.5, 0.6) is 0 Å². The number of fused-ring (bicyclic) bond motifs is 1. The fraction of sp³-hybridized carbons (Fsp3) is 0.154. The van der Waals surface area contributed by atoms with Crippen LogP contribution in [0.2, 0.25) is 0 Å². The summed E-state index contributed by atoms with van der Waals surface area (Å²) < 4.78 is 18.8. The van der Waals surface area contributed by atoms with Crippen molar-refractivity contribution in [2.45, 2.75) is 0 Å². The molecular formula is C26H22FN3O2. The summed E-state index contributed by atoms with van der Waals surface area (Å²) in [6.45, 7) is 3.18. The summed E-state index contributed by atoms with van der Waals surface area (Å²) in [6.07, 6.45) is 0. The molecule has 6 heteroatoms. The Kier molecular flexibility index (Phi) is 5.52. The van der Waals surface area contributed by atoms with Crippen molar-refractivity contribution < 1.29 is 13.9 Å². The molecule has 0 saturated carbocycles. The number of para-hydroxylation sites is 1. The number of pyridine rings is 1. The summed E-state index contributed by atoms with van der Waals surface area (Å²) in [6, 6.07) is 23.2. The molecule has 3 aromatic carbocycles. The van der Waals surface area contributed by atoms with Gasteiger partial charge >= 0.3 is 0 Å². The third kappa shape index (κ3) is 4.18. The third-order valence-electron chi connectivity index (χ3n) is 5.60. The Bertz CT molecular complexity index is 1250. The first kappa shape index (κ1) is 20.2. The van der Waals surface area contributed by atoms with Crippen LogP contribution in [-0.4, -0.2) is 37.2 Å². The highest BCUT2D eigenvalue weighted by molar-refractivity contribution is 6.13. The monoisotopic (exact) mass is 427 g/mol. The highest BCUT2D eigenvalue weighted by Gasteiger charge is 2.15. The van der Waals surface area contributed by atoms with Crippen LogP contribution in [0.4, 0.5) is 15.8 Å². The summed E-state index contributed by atoms with van der Waals surface area (Å²) in [5.41, 5.74) is 4.43. The number of nitrogens with zero attached hydrogens (tertiary/aromatic N) is 2. The Morgan fingerprint density at radius 3 is 2.41 bits per heavy atom. The number of rotatable bonds is 4. The highest BCUT2D eigenvalue weighted by atomic mass is 19.1. The number of ether oxygens (including phenoxy) is 1. The lowest BCUT2D eigenvalue weighted by atomic mass is 10.0. The number of morpholine rings is 1. The van der Waals surface area contributed by atoms with Crippen molar-refractivity contribution in [3.05, 3.63) is 90.2 Å². The first-order chi connectivity index (χ1) is 15.7. The second-order valence-electron chi connectivity index (χ2n) is 7.68. The Balaban J connectivity index is 1.44. The number of nitrogens with one attached hydrogen (secondary N) is 1. The van der Waals surface area contributed by atoms with Crippen LogP contribution < -0.4 is 10.2 Å². The van der Waals surface area contributed by atoms with Crippen molar-refractivity contribution in [1.29, 1.82) is 0 Å². The third-order valence-corrected chi connectivity index (χ3v) is 5.60. The number of carbonyl (C=O) groups is 1. The molecule has 0 spiro atoms. The highest BCUT2D eigenvalue weighted by Crippen LogP contribution is 2.26. The van der Waals surface area contributed by atoms with Gasteiger partial charge in [-0.3, -0.25) is 4.79 Å². The summed E-state index contributed by atoms with van der Waals surface area (Å²) in [4.78, 5) is 20.2. The van der Waals surface area contributed by atoms with E-state index in [9.17, 15) is 9.18 Å². The maximum Gasteiger partial charge on any atom is 0.256 e. The quantitative estimate of drug-likeness (QED) is 0.491. The fourth-order valence-electron chi connectivity index (χ4n) is 3.91. The van der Waals surface area contributed by atoms with Crippen LogP contribution in [0.3, 0.4) is 0 Å². The smallest absolute Gasteiger partial charge is 0.256 e. The van der Waals surface area contributed by atoms with Crippen LogP contribution in [0.15, 0.2) is 78.9 Å². The Labute approximate surface area is 185 Å². The van der Waals surface area contributed by atoms with E-state index >= 15 is 0 Å². The predicted molar refractivity (Wildman–Crippen MR) is 125 cm³/mol. The van der Waals surface area contributed by atoms with E-state index in [1.54, 1.807) is 18.2 Å². The zero-order chi connectivity index (χ0) is 21.9. The summed E-state index contributed by atoms with van der Waals surface area (Å²) in [5, 5.41) is 3.76. The van der Waals surface area contributed by atoms with Crippen molar-refractivity contribution in [3.63, 3.8) is 0 Å². The van der Waals surface area contributed by atoms with Crippen molar-refractivity contribution in [1.82, 2.24) is 4.98 Å². The molecule has 1 aliphatic heterocycles. The molecule has 1 aromatic heterocycles. The van der Waals surface area contributed by atoms with E-state index in [1.807, 2.05) is 48.5 Å². The molecule has 5 nitrogen and oxygen atoms in total. The van der Waals surface area contributed by atoms with Gasteiger partial charge in [0, 0.05) is 35.4 Å². The summed E-state index contributed by atoms with van der Waals surface area (Å²) in [7, 11) is 0. The standard InChI is InChI=1S/C26H22FN3O2/c27-19-7-5-18(6-8-19)25-17-23(22-3-1-2-4-24(22)29-25)26(31)28-20-9-11-21(12-10-20)30-13-15-32-16-14-30/h1-12,17H,13-16H2,(H,28,31). The van der Waals surface area contributed by atoms with E-state index in [4.69, 9.17) is 4.74 Å². The predicted octanol–water partition coefficient (Wildman–Crippen LogP) is 5.13. The van der Waals surface area contributed by atoms with Crippen molar-refractivity contribution in [2.24, 2.45) is 0 Å². The number of halogens is 1. The molecule has 160 valence electrons. The molecule has 32 heavy (non-hydrogen) atoms. The number of benzene rings is 3. The molecule has 4 aromatic rings. The minimum absolute atomic E-state index is 0.217. The first-order valence-corrected chi connectivity index (χ1v) is 10.6. The van der Waals surface area contributed by atoms with Gasteiger partial charge < -0.3 is 15.0 Å². The number of amides is 1. The van der Waals surface area contributed by atoms with Crippen molar-refractivity contribution >= 4 is 28.2 Å². The first-order valence-electron chi connectivity index (χ1n) is 10.6. The molecule has 1 fully saturated rings. The van der Waals surface area contributed by atoms with Crippen LogP contribution in [0, 0.1) is 5.82 Å². The minimum atomic E-state index is -0.312. The van der Waals surface area contributed by atoms with E-state index in [-0.39, 0.29) is 11.7 Å². The van der Waals surface area contributed by atoms with Crippen molar-refractivity contribution in [2.75, 3.05) is 36.5 Å². The largest absolute Gasteiger partial charge is 0.378 e. The van der Waals surface area contributed by atoms with Gasteiger partial charge in [-0.25, -0.2) is 9.37 Å². The van der Waals surface area contributed by atoms with Gasteiger partial charge in [-0.15, -0.1) is 0 Å². The van der Waals surface area contributed by atoms with E-state index in [1.165, 1.54) is 12.1 Å². The average Bonchev–Trinajstić information content (AvgIpc) is 2.85. The van der Waals surface area contributed by atoms with E-state index in [2.05, 4.69) is 15.2 Å². The number of hydrogen-bond donors (Lipinski definition) is 1. The van der Waals surface area contributed by atoms with Crippen LogP contribution in [0.1, 0.15) is 10.4 Å². The molecule has 0 bridgehead atoms. The second kappa shape index (κ2) is 8.77. The summed E-state index contributed by atoms with van der Waals surface area (Å²) >= 11 is 0. The van der Waals surface area contributed by atoms with E-state index < -0.39 is 0 Å². The second-order valence-corrected chi connectivity index (χ2v) is 7.68. The van der Waals surface area contributed by atoms with E-state index in [0.717, 1.165) is 48.6 Å². The Morgan fingerprint density at radius 2 is 1.66 bits per heavy atom. The van der Waals surface area contributed by atoms with Crippen LogP contribution >= 0.6 is 0 Å². The van der Waals surface area contributed by atoms with Crippen molar-refractivity contribution in [3.8, 4) is 11.3 Å². The van der Waals surface area contributed by atoms with Gasteiger partial charge in [0.2, 0.25) is 0 Å². The van der Waals surface area contributed by atoms with Gasteiger partial charge in [-0.05, 0) is 60.7 Å². The van der Waals surface area contributed by atoms with Gasteiger partial charge in [0.25, 0.3) is 5.91 Å². The molecule has 5 rings (SSSR count). The topological polar surface area (TPSA) is 54.5 Å². The molecule has 0 aliphatic carbocycles. The number of anilines is 2. The number of aromatic nitrogens is 1. The average molecular weight is 427 g/mol. The SMILES string of the molecule is O=C(Nc1ccc(N2CCOCC2)cc1)c1cc(-c2ccc(F)cc2)nc2ccccc12. The molecule has 1 N–H and O–H groups in total. The summed E-state index contributed by atoms with van der Waals surface area (Å²) in [5.74, 6) is -0.529. The van der Waals surface area contributed by atoms with Gasteiger partial charge in [-0.2, -0.15) is 0 Å².